The Morgan fingerprint density at radius 3 is 2.51 bits per heavy atom. The number of anilines is 2. The topological polar surface area (TPSA) is 83.5 Å². The quantitative estimate of drug-likeness (QED) is 0.412. The molecule has 0 bridgehead atoms. The summed E-state index contributed by atoms with van der Waals surface area (Å²) in [5, 5.41) is 2.98. The molecule has 3 aromatic rings. The van der Waals surface area contributed by atoms with Crippen LogP contribution in [-0.4, -0.2) is 56.4 Å². The van der Waals surface area contributed by atoms with E-state index >= 15 is 0 Å². The van der Waals surface area contributed by atoms with E-state index in [1.54, 1.807) is 11.8 Å². The average molecular weight is 563 g/mol. The molecule has 9 heteroatoms. The number of nitrogens with zero attached hydrogens (tertiary/aromatic N) is 3. The van der Waals surface area contributed by atoms with Crippen molar-refractivity contribution in [3.63, 3.8) is 0 Å². The number of ether oxygens (including phenoxy) is 2. The van der Waals surface area contributed by atoms with E-state index in [1.807, 2.05) is 79.7 Å². The summed E-state index contributed by atoms with van der Waals surface area (Å²) < 4.78 is 12.0. The molecule has 0 fully saturated rings. The van der Waals surface area contributed by atoms with Crippen LogP contribution in [0.3, 0.4) is 0 Å². The maximum absolute atomic E-state index is 13.2. The second kappa shape index (κ2) is 10.4. The Balaban J connectivity index is 1.55. The first-order valence-corrected chi connectivity index (χ1v) is 12.7. The number of likely N-dealkylation sites (N-methyl/N-ethyl adjacent to an activating group) is 1. The number of aliphatic imine (C=N–C) groups is 1. The first kappa shape index (κ1) is 25.0. The van der Waals surface area contributed by atoms with Gasteiger partial charge < -0.3 is 24.6 Å². The zero-order valence-corrected chi connectivity index (χ0v) is 22.4. The highest BCUT2D eigenvalue weighted by Gasteiger charge is 2.36. The Bertz CT molecular complexity index is 1390. The molecule has 1 unspecified atom stereocenters. The van der Waals surface area contributed by atoms with Gasteiger partial charge in [-0.1, -0.05) is 22.0 Å². The van der Waals surface area contributed by atoms with E-state index in [4.69, 9.17) is 14.5 Å². The van der Waals surface area contributed by atoms with Crippen molar-refractivity contribution in [2.75, 3.05) is 44.2 Å². The Labute approximate surface area is 224 Å². The number of rotatable bonds is 7. The summed E-state index contributed by atoms with van der Waals surface area (Å²) in [5.41, 5.74) is 4.44. The minimum atomic E-state index is -0.600. The zero-order valence-electron chi connectivity index (χ0n) is 20.8. The van der Waals surface area contributed by atoms with Gasteiger partial charge in [0.25, 0.3) is 0 Å². The molecule has 0 saturated carbocycles. The molecule has 2 aliphatic heterocycles. The summed E-state index contributed by atoms with van der Waals surface area (Å²) in [6.45, 7) is 3.06. The van der Waals surface area contributed by atoms with Crippen LogP contribution in [0.5, 0.6) is 11.5 Å². The summed E-state index contributed by atoms with van der Waals surface area (Å²) in [6, 6.07) is 18.8. The Kier molecular flexibility index (Phi) is 6.99. The third-order valence-electron chi connectivity index (χ3n) is 6.35. The van der Waals surface area contributed by atoms with Crippen molar-refractivity contribution in [2.45, 2.75) is 12.8 Å². The van der Waals surface area contributed by atoms with Crippen LogP contribution in [0.4, 0.5) is 17.1 Å². The monoisotopic (exact) mass is 562 g/mol. The summed E-state index contributed by atoms with van der Waals surface area (Å²) in [6.07, 6.45) is 0. The molecule has 190 valence electrons. The van der Waals surface area contributed by atoms with Gasteiger partial charge in [-0.2, -0.15) is 0 Å². The van der Waals surface area contributed by atoms with Crippen LogP contribution in [0.2, 0.25) is 0 Å². The van der Waals surface area contributed by atoms with Gasteiger partial charge in [-0.05, 0) is 74.3 Å². The van der Waals surface area contributed by atoms with Gasteiger partial charge in [0.2, 0.25) is 18.6 Å². The Morgan fingerprint density at radius 1 is 1.03 bits per heavy atom. The van der Waals surface area contributed by atoms with Crippen molar-refractivity contribution in [3.05, 3.63) is 76.3 Å². The fourth-order valence-electron chi connectivity index (χ4n) is 4.47. The molecule has 0 saturated heterocycles. The van der Waals surface area contributed by atoms with Crippen molar-refractivity contribution in [1.29, 1.82) is 0 Å². The summed E-state index contributed by atoms with van der Waals surface area (Å²) in [7, 11) is 3.95. The number of amides is 2. The number of hydrogen-bond donors (Lipinski definition) is 1. The molecule has 0 aromatic heterocycles. The van der Waals surface area contributed by atoms with Gasteiger partial charge in [0.1, 0.15) is 5.92 Å². The maximum atomic E-state index is 13.2. The second-order valence-electron chi connectivity index (χ2n) is 9.21. The van der Waals surface area contributed by atoms with Crippen LogP contribution in [-0.2, 0) is 9.59 Å². The van der Waals surface area contributed by atoms with E-state index in [1.165, 1.54) is 0 Å². The number of carbonyl (C=O) groups excluding carboxylic acids is 2. The van der Waals surface area contributed by atoms with Crippen molar-refractivity contribution in [2.24, 2.45) is 4.99 Å². The van der Waals surface area contributed by atoms with Gasteiger partial charge in [-0.15, -0.1) is 0 Å². The van der Waals surface area contributed by atoms with Crippen molar-refractivity contribution < 1.29 is 19.1 Å². The molecule has 2 amide bonds. The Hall–Kier alpha value is -3.69. The van der Waals surface area contributed by atoms with Gasteiger partial charge in [-0.25, -0.2) is 0 Å². The molecule has 1 N–H and O–H groups in total. The lowest BCUT2D eigenvalue weighted by atomic mass is 9.90. The van der Waals surface area contributed by atoms with Crippen LogP contribution < -0.4 is 19.7 Å². The van der Waals surface area contributed by atoms with Gasteiger partial charge in [-0.3, -0.25) is 14.6 Å². The highest BCUT2D eigenvalue weighted by atomic mass is 79.9. The highest BCUT2D eigenvalue weighted by molar-refractivity contribution is 9.10. The molecule has 0 spiro atoms. The second-order valence-corrected chi connectivity index (χ2v) is 10.1. The summed E-state index contributed by atoms with van der Waals surface area (Å²) in [4.78, 5) is 34.2. The van der Waals surface area contributed by atoms with Crippen LogP contribution >= 0.6 is 15.9 Å². The predicted octanol–water partition coefficient (Wildman–Crippen LogP) is 4.95. The third kappa shape index (κ3) is 5.23. The fraction of sp³-hybridized carbons (Fsp3) is 0.250. The summed E-state index contributed by atoms with van der Waals surface area (Å²) in [5.74, 6) is 0.511. The molecule has 8 nitrogen and oxygen atoms in total. The number of hydrogen-bond acceptors (Lipinski definition) is 6. The predicted molar refractivity (Wildman–Crippen MR) is 147 cm³/mol. The SMILES string of the molecule is CC(=O)N(CCN(C)C)c1ccc(N=C(c2ccc3c(c2)OCO3)C2C(=O)Nc3cc(Br)ccc32)cc1. The molecule has 2 heterocycles. The molecule has 0 aliphatic carbocycles. The molecule has 1 atom stereocenters. The first-order valence-electron chi connectivity index (χ1n) is 11.9. The minimum Gasteiger partial charge on any atom is -0.454 e. The van der Waals surface area contributed by atoms with E-state index in [0.717, 1.165) is 33.5 Å². The van der Waals surface area contributed by atoms with Crippen LogP contribution in [0.25, 0.3) is 0 Å². The van der Waals surface area contributed by atoms with E-state index in [2.05, 4.69) is 21.2 Å². The van der Waals surface area contributed by atoms with Gasteiger partial charge in [0, 0.05) is 41.4 Å². The van der Waals surface area contributed by atoms with Crippen molar-refractivity contribution in [1.82, 2.24) is 4.90 Å². The third-order valence-corrected chi connectivity index (χ3v) is 6.84. The van der Waals surface area contributed by atoms with Crippen molar-refractivity contribution >= 4 is 50.5 Å². The standard InChI is InChI=1S/C28H27BrN4O4/c1-17(34)33(13-12-32(2)3)21-8-6-20(7-9-21)30-27(18-4-11-24-25(14-18)37-16-36-24)26-22-10-5-19(29)15-23(22)31-28(26)35/h4-11,14-15,26H,12-13,16H2,1-3H3,(H,31,35). The average Bonchev–Trinajstić information content (AvgIpc) is 3.45. The zero-order chi connectivity index (χ0) is 26.1. The molecule has 2 aliphatic rings. The number of halogens is 1. The summed E-state index contributed by atoms with van der Waals surface area (Å²) >= 11 is 3.48. The number of benzene rings is 3. The maximum Gasteiger partial charge on any atom is 0.238 e. The first-order chi connectivity index (χ1) is 17.8. The molecule has 37 heavy (non-hydrogen) atoms. The van der Waals surface area contributed by atoms with E-state index in [9.17, 15) is 9.59 Å². The minimum absolute atomic E-state index is 0.0236. The molecule has 3 aromatic carbocycles. The molecular formula is C28H27BrN4O4. The number of nitrogens with one attached hydrogen (secondary N) is 1. The lowest BCUT2D eigenvalue weighted by Crippen LogP contribution is -2.35. The smallest absolute Gasteiger partial charge is 0.238 e. The lowest BCUT2D eigenvalue weighted by Gasteiger charge is -2.23. The van der Waals surface area contributed by atoms with Gasteiger partial charge in [0.05, 0.1) is 11.4 Å². The van der Waals surface area contributed by atoms with Crippen molar-refractivity contribution in [3.8, 4) is 11.5 Å². The number of fused-ring (bicyclic) bond motifs is 2. The van der Waals surface area contributed by atoms with E-state index < -0.39 is 5.92 Å². The normalized spacial score (nSPS) is 16.1. The van der Waals surface area contributed by atoms with Gasteiger partial charge >= 0.3 is 0 Å². The van der Waals surface area contributed by atoms with Crippen LogP contribution in [0.15, 0.2) is 70.1 Å². The van der Waals surface area contributed by atoms with E-state index in [-0.39, 0.29) is 18.6 Å². The molecular weight excluding hydrogens is 536 g/mol. The highest BCUT2D eigenvalue weighted by Crippen LogP contribution is 2.40. The fourth-order valence-corrected chi connectivity index (χ4v) is 4.83. The van der Waals surface area contributed by atoms with E-state index in [0.29, 0.717) is 29.4 Å². The van der Waals surface area contributed by atoms with Crippen LogP contribution in [0, 0.1) is 0 Å². The Morgan fingerprint density at radius 2 is 1.78 bits per heavy atom. The lowest BCUT2D eigenvalue weighted by molar-refractivity contribution is -0.117. The molecule has 0 radical (unpaired) electrons. The largest absolute Gasteiger partial charge is 0.454 e. The van der Waals surface area contributed by atoms with Crippen LogP contribution in [0.1, 0.15) is 24.0 Å². The number of carbonyl (C=O) groups is 2. The molecule has 5 rings (SSSR count). The van der Waals surface area contributed by atoms with Gasteiger partial charge in [0.15, 0.2) is 11.5 Å².